The Labute approximate surface area is 124 Å². The first-order chi connectivity index (χ1) is 9.39. The lowest BCUT2D eigenvalue weighted by Crippen LogP contribution is -2.43. The molecular weight excluding hydrogens is 274 g/mol. The largest absolute Gasteiger partial charge is 0.381 e. The van der Waals surface area contributed by atoms with Crippen LogP contribution in [0.4, 0.5) is 0 Å². The second-order valence-electron chi connectivity index (χ2n) is 6.58. The van der Waals surface area contributed by atoms with Crippen molar-refractivity contribution < 1.29 is 13.2 Å². The molecule has 5 heteroatoms. The van der Waals surface area contributed by atoms with E-state index in [0.717, 1.165) is 39.0 Å². The van der Waals surface area contributed by atoms with Crippen LogP contribution in [-0.4, -0.2) is 46.2 Å². The molecular formula is C15H31NO3S. The van der Waals surface area contributed by atoms with Crippen LogP contribution < -0.4 is 5.32 Å². The van der Waals surface area contributed by atoms with Gasteiger partial charge in [-0.2, -0.15) is 0 Å². The van der Waals surface area contributed by atoms with Crippen molar-refractivity contribution in [3.05, 3.63) is 0 Å². The predicted octanol–water partition coefficient (Wildman–Crippen LogP) is 2.24. The summed E-state index contributed by atoms with van der Waals surface area (Å²) in [6.07, 6.45) is 3.54. The first kappa shape index (κ1) is 17.9. The van der Waals surface area contributed by atoms with Crippen molar-refractivity contribution in [3.63, 3.8) is 0 Å². The van der Waals surface area contributed by atoms with Gasteiger partial charge in [0.15, 0.2) is 0 Å². The topological polar surface area (TPSA) is 55.4 Å². The molecule has 0 amide bonds. The summed E-state index contributed by atoms with van der Waals surface area (Å²) in [4.78, 5) is 0. The van der Waals surface area contributed by atoms with Crippen LogP contribution in [0.5, 0.6) is 0 Å². The highest BCUT2D eigenvalue weighted by Crippen LogP contribution is 2.32. The normalized spacial score (nSPS) is 24.2. The molecule has 0 bridgehead atoms. The third-order valence-corrected chi connectivity index (χ3v) is 5.77. The summed E-state index contributed by atoms with van der Waals surface area (Å²) in [5.41, 5.74) is 0.00789. The van der Waals surface area contributed by atoms with Crippen molar-refractivity contribution in [1.29, 1.82) is 0 Å². The maximum Gasteiger partial charge on any atom is 0.150 e. The fourth-order valence-corrected chi connectivity index (χ4v) is 4.32. The van der Waals surface area contributed by atoms with E-state index in [1.807, 2.05) is 6.92 Å². The number of nitrogens with one attached hydrogen (secondary N) is 1. The predicted molar refractivity (Wildman–Crippen MR) is 83.8 cm³/mol. The Morgan fingerprint density at radius 2 is 2.05 bits per heavy atom. The summed E-state index contributed by atoms with van der Waals surface area (Å²) in [6.45, 7) is 9.64. The molecule has 120 valence electrons. The number of ether oxygens (including phenoxy) is 1. The molecule has 1 heterocycles. The van der Waals surface area contributed by atoms with E-state index in [1.54, 1.807) is 0 Å². The van der Waals surface area contributed by atoms with Gasteiger partial charge in [0.1, 0.15) is 9.84 Å². The standard InChI is InChI=1S/C15H31NO3S/c1-4-9-20(17,18)10-7-15(6-5-8-19-13-15)12-16-11-14(2)3/h14,16H,4-13H2,1-3H3. The molecule has 1 aliphatic rings. The molecule has 1 aliphatic heterocycles. The summed E-state index contributed by atoms with van der Waals surface area (Å²) >= 11 is 0. The van der Waals surface area contributed by atoms with Gasteiger partial charge in [0.25, 0.3) is 0 Å². The molecule has 0 aliphatic carbocycles. The molecule has 1 saturated heterocycles. The fraction of sp³-hybridized carbons (Fsp3) is 1.00. The maximum absolute atomic E-state index is 11.9. The third kappa shape index (κ3) is 6.55. The molecule has 0 radical (unpaired) electrons. The number of sulfone groups is 1. The molecule has 0 aromatic heterocycles. The molecule has 20 heavy (non-hydrogen) atoms. The van der Waals surface area contributed by atoms with E-state index >= 15 is 0 Å². The van der Waals surface area contributed by atoms with Crippen LogP contribution in [-0.2, 0) is 14.6 Å². The number of hydrogen-bond donors (Lipinski definition) is 1. The Morgan fingerprint density at radius 3 is 2.60 bits per heavy atom. The van der Waals surface area contributed by atoms with Crippen LogP contribution in [0.1, 0.15) is 46.5 Å². The van der Waals surface area contributed by atoms with Crippen LogP contribution in [0, 0.1) is 11.3 Å². The van der Waals surface area contributed by atoms with Gasteiger partial charge in [-0.25, -0.2) is 8.42 Å². The molecule has 1 rings (SSSR count). The van der Waals surface area contributed by atoms with Crippen LogP contribution in [0.15, 0.2) is 0 Å². The van der Waals surface area contributed by atoms with Crippen molar-refractivity contribution in [2.24, 2.45) is 11.3 Å². The number of rotatable bonds is 9. The second-order valence-corrected chi connectivity index (χ2v) is 8.89. The fourth-order valence-electron chi connectivity index (χ4n) is 2.75. The van der Waals surface area contributed by atoms with E-state index in [-0.39, 0.29) is 5.41 Å². The molecule has 1 N–H and O–H groups in total. The van der Waals surface area contributed by atoms with Crippen molar-refractivity contribution in [2.45, 2.75) is 46.5 Å². The molecule has 4 nitrogen and oxygen atoms in total. The van der Waals surface area contributed by atoms with Gasteiger partial charge >= 0.3 is 0 Å². The second kappa shape index (κ2) is 8.35. The van der Waals surface area contributed by atoms with Crippen molar-refractivity contribution in [3.8, 4) is 0 Å². The van der Waals surface area contributed by atoms with Crippen LogP contribution in [0.2, 0.25) is 0 Å². The van der Waals surface area contributed by atoms with Gasteiger partial charge in [-0.1, -0.05) is 20.8 Å². The Morgan fingerprint density at radius 1 is 1.30 bits per heavy atom. The van der Waals surface area contributed by atoms with E-state index in [9.17, 15) is 8.42 Å². The maximum atomic E-state index is 11.9. The molecule has 1 fully saturated rings. The molecule has 0 aromatic rings. The van der Waals surface area contributed by atoms with Crippen molar-refractivity contribution in [1.82, 2.24) is 5.32 Å². The third-order valence-electron chi connectivity index (χ3n) is 3.92. The van der Waals surface area contributed by atoms with Crippen LogP contribution in [0.3, 0.4) is 0 Å². The minimum absolute atomic E-state index is 0.00789. The smallest absolute Gasteiger partial charge is 0.150 e. The van der Waals surface area contributed by atoms with Crippen LogP contribution >= 0.6 is 0 Å². The van der Waals surface area contributed by atoms with E-state index in [4.69, 9.17) is 4.74 Å². The van der Waals surface area contributed by atoms with Gasteiger partial charge in [0.05, 0.1) is 12.4 Å². The van der Waals surface area contributed by atoms with Crippen LogP contribution in [0.25, 0.3) is 0 Å². The molecule has 0 saturated carbocycles. The van der Waals surface area contributed by atoms with Crippen molar-refractivity contribution >= 4 is 9.84 Å². The average Bonchev–Trinajstić information content (AvgIpc) is 2.37. The van der Waals surface area contributed by atoms with E-state index in [1.165, 1.54) is 0 Å². The summed E-state index contributed by atoms with van der Waals surface area (Å²) < 4.78 is 29.5. The SMILES string of the molecule is CCCS(=O)(=O)CCC1(CNCC(C)C)CCCOC1. The molecule has 1 unspecified atom stereocenters. The first-order valence-corrected chi connectivity index (χ1v) is 9.70. The van der Waals surface area contributed by atoms with E-state index < -0.39 is 9.84 Å². The Kier molecular flexibility index (Phi) is 7.48. The molecule has 0 aromatic carbocycles. The van der Waals surface area contributed by atoms with E-state index in [0.29, 0.717) is 30.5 Å². The monoisotopic (exact) mass is 305 g/mol. The summed E-state index contributed by atoms with van der Waals surface area (Å²) in [6, 6.07) is 0. The highest BCUT2D eigenvalue weighted by Gasteiger charge is 2.33. The van der Waals surface area contributed by atoms with Crippen molar-refractivity contribution in [2.75, 3.05) is 37.8 Å². The Balaban J connectivity index is 2.54. The lowest BCUT2D eigenvalue weighted by molar-refractivity contribution is -0.00917. The molecule has 0 spiro atoms. The Hall–Kier alpha value is -0.130. The lowest BCUT2D eigenvalue weighted by Gasteiger charge is -2.37. The van der Waals surface area contributed by atoms with E-state index in [2.05, 4.69) is 19.2 Å². The quantitative estimate of drug-likeness (QED) is 0.710. The summed E-state index contributed by atoms with van der Waals surface area (Å²) in [5.74, 6) is 1.22. The molecule has 1 atom stereocenters. The highest BCUT2D eigenvalue weighted by molar-refractivity contribution is 7.91. The minimum Gasteiger partial charge on any atom is -0.381 e. The van der Waals surface area contributed by atoms with Gasteiger partial charge in [-0.3, -0.25) is 0 Å². The average molecular weight is 305 g/mol. The zero-order valence-corrected chi connectivity index (χ0v) is 14.1. The van der Waals surface area contributed by atoms with Gasteiger partial charge in [-0.15, -0.1) is 0 Å². The zero-order chi connectivity index (χ0) is 15.1. The minimum atomic E-state index is -2.89. The highest BCUT2D eigenvalue weighted by atomic mass is 32.2. The lowest BCUT2D eigenvalue weighted by atomic mass is 9.80. The van der Waals surface area contributed by atoms with Gasteiger partial charge in [0, 0.05) is 24.3 Å². The Bertz CT molecular complexity index is 359. The number of hydrogen-bond acceptors (Lipinski definition) is 4. The zero-order valence-electron chi connectivity index (χ0n) is 13.3. The van der Waals surface area contributed by atoms with Gasteiger partial charge in [0.2, 0.25) is 0 Å². The summed E-state index contributed by atoms with van der Waals surface area (Å²) in [7, 11) is -2.89. The van der Waals surface area contributed by atoms with Gasteiger partial charge < -0.3 is 10.1 Å². The van der Waals surface area contributed by atoms with Gasteiger partial charge in [-0.05, 0) is 38.1 Å². The summed E-state index contributed by atoms with van der Waals surface area (Å²) in [5, 5.41) is 3.49. The first-order valence-electron chi connectivity index (χ1n) is 7.88.